The summed E-state index contributed by atoms with van der Waals surface area (Å²) in [6.07, 6.45) is 2.55. The zero-order valence-electron chi connectivity index (χ0n) is 12.0. The van der Waals surface area contributed by atoms with Crippen LogP contribution in [0.3, 0.4) is 0 Å². The molecule has 3 heteroatoms. The summed E-state index contributed by atoms with van der Waals surface area (Å²) in [5.41, 5.74) is 9.69. The van der Waals surface area contributed by atoms with Crippen molar-refractivity contribution in [1.82, 2.24) is 5.32 Å². The molecule has 0 saturated heterocycles. The second-order valence-corrected chi connectivity index (χ2v) is 5.59. The van der Waals surface area contributed by atoms with E-state index in [2.05, 4.69) is 17.4 Å². The molecule has 3 N–H and O–H groups in total. The summed E-state index contributed by atoms with van der Waals surface area (Å²) in [4.78, 5) is 12.3. The van der Waals surface area contributed by atoms with Gasteiger partial charge in [-0.15, -0.1) is 0 Å². The summed E-state index contributed by atoms with van der Waals surface area (Å²) in [6, 6.07) is 17.8. The highest BCUT2D eigenvalue weighted by molar-refractivity contribution is 5.82. The first kappa shape index (κ1) is 13.8. The Morgan fingerprint density at radius 3 is 2.67 bits per heavy atom. The predicted octanol–water partition coefficient (Wildman–Crippen LogP) is 2.36. The van der Waals surface area contributed by atoms with Crippen LogP contribution in [0.4, 0.5) is 0 Å². The molecule has 21 heavy (non-hydrogen) atoms. The van der Waals surface area contributed by atoms with Gasteiger partial charge in [0.1, 0.15) is 0 Å². The molecule has 1 unspecified atom stereocenters. The van der Waals surface area contributed by atoms with E-state index in [4.69, 9.17) is 5.73 Å². The summed E-state index contributed by atoms with van der Waals surface area (Å²) >= 11 is 0. The molecule has 0 heterocycles. The number of hydrogen-bond acceptors (Lipinski definition) is 2. The molecule has 1 amide bonds. The number of aryl methyl sites for hydroxylation is 1. The van der Waals surface area contributed by atoms with Gasteiger partial charge in [0.05, 0.1) is 12.1 Å². The molecule has 0 fully saturated rings. The zero-order valence-corrected chi connectivity index (χ0v) is 12.0. The number of carbonyl (C=O) groups excluding carboxylic acids is 1. The third-order valence-electron chi connectivity index (χ3n) is 4.08. The fourth-order valence-electron chi connectivity index (χ4n) is 2.95. The van der Waals surface area contributed by atoms with E-state index < -0.39 is 6.04 Å². The van der Waals surface area contributed by atoms with E-state index in [-0.39, 0.29) is 11.9 Å². The van der Waals surface area contributed by atoms with Crippen LogP contribution < -0.4 is 11.1 Å². The van der Waals surface area contributed by atoms with Crippen molar-refractivity contribution in [2.75, 3.05) is 0 Å². The standard InChI is InChI=1S/C18H20N2O/c19-16(12-13-6-2-1-3-7-13)18(21)20-17-11-10-14-8-4-5-9-15(14)17/h1-9,16-17H,10-12,19H2,(H,20,21)/t16-,17?/m0/s1. The third-order valence-corrected chi connectivity index (χ3v) is 4.08. The van der Waals surface area contributed by atoms with Crippen molar-refractivity contribution in [3.8, 4) is 0 Å². The lowest BCUT2D eigenvalue weighted by Gasteiger charge is -2.18. The maximum absolute atomic E-state index is 12.3. The minimum Gasteiger partial charge on any atom is -0.348 e. The van der Waals surface area contributed by atoms with Crippen molar-refractivity contribution < 1.29 is 4.79 Å². The first-order chi connectivity index (χ1) is 10.2. The summed E-state index contributed by atoms with van der Waals surface area (Å²) in [5, 5.41) is 3.09. The summed E-state index contributed by atoms with van der Waals surface area (Å²) in [7, 11) is 0. The Labute approximate surface area is 125 Å². The number of rotatable bonds is 4. The highest BCUT2D eigenvalue weighted by Gasteiger charge is 2.25. The van der Waals surface area contributed by atoms with Crippen molar-refractivity contribution in [3.05, 3.63) is 71.3 Å². The smallest absolute Gasteiger partial charge is 0.237 e. The van der Waals surface area contributed by atoms with E-state index in [0.29, 0.717) is 6.42 Å². The second-order valence-electron chi connectivity index (χ2n) is 5.59. The molecular formula is C18H20N2O. The molecule has 1 aliphatic rings. The van der Waals surface area contributed by atoms with Gasteiger partial charge < -0.3 is 11.1 Å². The third kappa shape index (κ3) is 3.14. The quantitative estimate of drug-likeness (QED) is 0.903. The average Bonchev–Trinajstić information content (AvgIpc) is 2.91. The molecule has 3 rings (SSSR count). The van der Waals surface area contributed by atoms with Crippen molar-refractivity contribution in [1.29, 1.82) is 0 Å². The van der Waals surface area contributed by atoms with Gasteiger partial charge in [-0.25, -0.2) is 0 Å². The van der Waals surface area contributed by atoms with Gasteiger partial charge in [-0.2, -0.15) is 0 Å². The average molecular weight is 280 g/mol. The van der Waals surface area contributed by atoms with Crippen LogP contribution >= 0.6 is 0 Å². The first-order valence-corrected chi connectivity index (χ1v) is 7.42. The van der Waals surface area contributed by atoms with E-state index in [1.165, 1.54) is 11.1 Å². The molecule has 1 aliphatic carbocycles. The van der Waals surface area contributed by atoms with Crippen molar-refractivity contribution in [3.63, 3.8) is 0 Å². The molecule has 0 radical (unpaired) electrons. The fourth-order valence-corrected chi connectivity index (χ4v) is 2.95. The van der Waals surface area contributed by atoms with E-state index in [9.17, 15) is 4.79 Å². The van der Waals surface area contributed by atoms with Gasteiger partial charge in [0.15, 0.2) is 0 Å². The molecule has 0 aromatic heterocycles. The van der Waals surface area contributed by atoms with Gasteiger partial charge in [-0.05, 0) is 36.0 Å². The molecular weight excluding hydrogens is 260 g/mol. The number of nitrogens with one attached hydrogen (secondary N) is 1. The van der Waals surface area contributed by atoms with E-state index in [1.807, 2.05) is 42.5 Å². The van der Waals surface area contributed by atoms with E-state index in [0.717, 1.165) is 18.4 Å². The van der Waals surface area contributed by atoms with Crippen LogP contribution in [0.1, 0.15) is 29.2 Å². The monoisotopic (exact) mass is 280 g/mol. The molecule has 2 aromatic rings. The number of fused-ring (bicyclic) bond motifs is 1. The maximum Gasteiger partial charge on any atom is 0.237 e. The van der Waals surface area contributed by atoms with Crippen LogP contribution in [0, 0.1) is 0 Å². The Hall–Kier alpha value is -2.13. The van der Waals surface area contributed by atoms with Crippen LogP contribution in [-0.2, 0) is 17.6 Å². The molecule has 0 aliphatic heterocycles. The van der Waals surface area contributed by atoms with Crippen LogP contribution in [0.2, 0.25) is 0 Å². The number of carbonyl (C=O) groups is 1. The second kappa shape index (κ2) is 6.10. The van der Waals surface area contributed by atoms with Gasteiger partial charge in [0.2, 0.25) is 5.91 Å². The van der Waals surface area contributed by atoms with Crippen molar-refractivity contribution >= 4 is 5.91 Å². The topological polar surface area (TPSA) is 55.1 Å². The Morgan fingerprint density at radius 1 is 1.14 bits per heavy atom. The summed E-state index contributed by atoms with van der Waals surface area (Å²) < 4.78 is 0. The minimum atomic E-state index is -0.500. The molecule has 3 nitrogen and oxygen atoms in total. The van der Waals surface area contributed by atoms with Gasteiger partial charge in [0, 0.05) is 0 Å². The maximum atomic E-state index is 12.3. The molecule has 2 atom stereocenters. The lowest BCUT2D eigenvalue weighted by Crippen LogP contribution is -2.43. The minimum absolute atomic E-state index is 0.0689. The lowest BCUT2D eigenvalue weighted by molar-refractivity contribution is -0.123. The van der Waals surface area contributed by atoms with Crippen molar-refractivity contribution in [2.24, 2.45) is 5.73 Å². The highest BCUT2D eigenvalue weighted by atomic mass is 16.2. The first-order valence-electron chi connectivity index (χ1n) is 7.42. The van der Waals surface area contributed by atoms with Gasteiger partial charge >= 0.3 is 0 Å². The zero-order chi connectivity index (χ0) is 14.7. The highest BCUT2D eigenvalue weighted by Crippen LogP contribution is 2.30. The van der Waals surface area contributed by atoms with Gasteiger partial charge in [0.25, 0.3) is 0 Å². The number of benzene rings is 2. The number of nitrogens with two attached hydrogens (primary N) is 1. The Bertz CT molecular complexity index is 624. The Kier molecular flexibility index (Phi) is 4.02. The predicted molar refractivity (Wildman–Crippen MR) is 83.8 cm³/mol. The van der Waals surface area contributed by atoms with Gasteiger partial charge in [-0.3, -0.25) is 4.79 Å². The van der Waals surface area contributed by atoms with E-state index >= 15 is 0 Å². The fraction of sp³-hybridized carbons (Fsp3) is 0.278. The number of hydrogen-bond donors (Lipinski definition) is 2. The molecule has 0 bridgehead atoms. The normalized spacial score (nSPS) is 18.0. The largest absolute Gasteiger partial charge is 0.348 e. The van der Waals surface area contributed by atoms with E-state index in [1.54, 1.807) is 0 Å². The van der Waals surface area contributed by atoms with Crippen molar-refractivity contribution in [2.45, 2.75) is 31.3 Å². The SMILES string of the molecule is N[C@@H](Cc1ccccc1)C(=O)NC1CCc2ccccc21. The van der Waals surface area contributed by atoms with Crippen LogP contribution in [0.15, 0.2) is 54.6 Å². The Balaban J connectivity index is 1.62. The Morgan fingerprint density at radius 2 is 1.86 bits per heavy atom. The molecule has 108 valence electrons. The van der Waals surface area contributed by atoms with Gasteiger partial charge in [-0.1, -0.05) is 54.6 Å². The lowest BCUT2D eigenvalue weighted by atomic mass is 10.0. The molecule has 0 spiro atoms. The molecule has 2 aromatic carbocycles. The van der Waals surface area contributed by atoms with Crippen LogP contribution in [0.5, 0.6) is 0 Å². The molecule has 0 saturated carbocycles. The number of amides is 1. The summed E-state index contributed by atoms with van der Waals surface area (Å²) in [5.74, 6) is -0.0689. The van der Waals surface area contributed by atoms with Crippen LogP contribution in [-0.4, -0.2) is 11.9 Å². The van der Waals surface area contributed by atoms with Crippen LogP contribution in [0.25, 0.3) is 0 Å². The summed E-state index contributed by atoms with van der Waals surface area (Å²) in [6.45, 7) is 0.